The summed E-state index contributed by atoms with van der Waals surface area (Å²) < 4.78 is 4.82. The SMILES string of the molecule is CCOC(=O)c1cc(C#N)c(SC(C)C#N)nc1N. The lowest BCUT2D eigenvalue weighted by Crippen LogP contribution is -2.11. The Bertz CT molecular complexity index is 574. The van der Waals surface area contributed by atoms with Crippen molar-refractivity contribution in [2.24, 2.45) is 0 Å². The molecule has 0 saturated carbocycles. The van der Waals surface area contributed by atoms with Crippen LogP contribution in [0.5, 0.6) is 0 Å². The Labute approximate surface area is 115 Å². The van der Waals surface area contributed by atoms with E-state index in [1.807, 2.05) is 12.1 Å². The Balaban J connectivity index is 3.19. The van der Waals surface area contributed by atoms with Crippen molar-refractivity contribution in [1.82, 2.24) is 4.98 Å². The summed E-state index contributed by atoms with van der Waals surface area (Å²) in [6.45, 7) is 3.57. The summed E-state index contributed by atoms with van der Waals surface area (Å²) in [6.07, 6.45) is 0. The Morgan fingerprint density at radius 2 is 2.32 bits per heavy atom. The van der Waals surface area contributed by atoms with Gasteiger partial charge in [-0.05, 0) is 19.9 Å². The lowest BCUT2D eigenvalue weighted by molar-refractivity contribution is 0.0527. The van der Waals surface area contributed by atoms with Gasteiger partial charge in [0.25, 0.3) is 0 Å². The first-order valence-electron chi connectivity index (χ1n) is 5.47. The number of esters is 1. The molecule has 1 aromatic heterocycles. The fourth-order valence-corrected chi connectivity index (χ4v) is 2.02. The molecule has 0 spiro atoms. The van der Waals surface area contributed by atoms with Crippen LogP contribution in [0.1, 0.15) is 29.8 Å². The molecule has 6 nitrogen and oxygen atoms in total. The molecule has 0 aliphatic rings. The van der Waals surface area contributed by atoms with Gasteiger partial charge in [0, 0.05) is 0 Å². The fourth-order valence-electron chi connectivity index (χ4n) is 1.25. The predicted molar refractivity (Wildman–Crippen MR) is 70.3 cm³/mol. The normalized spacial score (nSPS) is 11.2. The maximum Gasteiger partial charge on any atom is 0.341 e. The second-order valence-electron chi connectivity index (χ2n) is 3.50. The third-order valence-electron chi connectivity index (χ3n) is 2.10. The number of ether oxygens (including phenoxy) is 1. The van der Waals surface area contributed by atoms with E-state index in [1.54, 1.807) is 13.8 Å². The second-order valence-corrected chi connectivity index (χ2v) is 4.82. The van der Waals surface area contributed by atoms with Gasteiger partial charge in [0.1, 0.15) is 22.5 Å². The molecule has 0 bridgehead atoms. The number of carbonyl (C=O) groups is 1. The number of nitrogens with two attached hydrogens (primary N) is 1. The molecule has 0 saturated heterocycles. The number of hydrogen-bond acceptors (Lipinski definition) is 7. The van der Waals surface area contributed by atoms with Crippen LogP contribution in [-0.2, 0) is 4.74 Å². The average Bonchev–Trinajstić information content (AvgIpc) is 2.39. The van der Waals surface area contributed by atoms with E-state index in [-0.39, 0.29) is 28.8 Å². The highest BCUT2D eigenvalue weighted by atomic mass is 32.2. The number of nitrogens with zero attached hydrogens (tertiary/aromatic N) is 3. The highest BCUT2D eigenvalue weighted by Crippen LogP contribution is 2.27. The molecule has 1 aromatic rings. The first-order valence-corrected chi connectivity index (χ1v) is 6.35. The number of carbonyl (C=O) groups excluding carboxylic acids is 1. The Hall–Kier alpha value is -2.25. The van der Waals surface area contributed by atoms with E-state index in [0.29, 0.717) is 5.03 Å². The predicted octanol–water partition coefficient (Wildman–Crippen LogP) is 1.72. The van der Waals surface area contributed by atoms with Crippen molar-refractivity contribution in [2.45, 2.75) is 24.1 Å². The number of pyridine rings is 1. The lowest BCUT2D eigenvalue weighted by Gasteiger charge is -2.09. The third kappa shape index (κ3) is 3.60. The zero-order chi connectivity index (χ0) is 14.4. The number of nitrogen functional groups attached to an aromatic ring is 1. The van der Waals surface area contributed by atoms with Gasteiger partial charge in [-0.3, -0.25) is 0 Å². The van der Waals surface area contributed by atoms with Gasteiger partial charge in [0.15, 0.2) is 0 Å². The quantitative estimate of drug-likeness (QED) is 0.657. The molecule has 1 heterocycles. The summed E-state index contributed by atoms with van der Waals surface area (Å²) in [5.41, 5.74) is 5.94. The van der Waals surface area contributed by atoms with Gasteiger partial charge in [-0.25, -0.2) is 9.78 Å². The maximum atomic E-state index is 11.6. The average molecular weight is 276 g/mol. The number of nitriles is 2. The van der Waals surface area contributed by atoms with Crippen LogP contribution in [0.15, 0.2) is 11.1 Å². The van der Waals surface area contributed by atoms with E-state index in [0.717, 1.165) is 11.8 Å². The molecule has 7 heteroatoms. The minimum absolute atomic E-state index is 0.00918. The van der Waals surface area contributed by atoms with Crippen LogP contribution in [-0.4, -0.2) is 22.8 Å². The van der Waals surface area contributed by atoms with Crippen LogP contribution in [0, 0.1) is 22.7 Å². The molecule has 0 aliphatic heterocycles. The molecule has 0 aromatic carbocycles. The number of aromatic nitrogens is 1. The summed E-state index contributed by atoms with van der Waals surface area (Å²) in [7, 11) is 0. The molecule has 19 heavy (non-hydrogen) atoms. The Morgan fingerprint density at radius 1 is 1.63 bits per heavy atom. The van der Waals surface area contributed by atoms with Crippen molar-refractivity contribution >= 4 is 23.5 Å². The van der Waals surface area contributed by atoms with Crippen molar-refractivity contribution < 1.29 is 9.53 Å². The number of rotatable bonds is 4. The van der Waals surface area contributed by atoms with Crippen LogP contribution >= 0.6 is 11.8 Å². The van der Waals surface area contributed by atoms with Gasteiger partial charge in [-0.15, -0.1) is 0 Å². The first kappa shape index (κ1) is 14.8. The fraction of sp³-hybridized carbons (Fsp3) is 0.333. The van der Waals surface area contributed by atoms with Crippen LogP contribution < -0.4 is 5.73 Å². The smallest absolute Gasteiger partial charge is 0.341 e. The van der Waals surface area contributed by atoms with Gasteiger partial charge < -0.3 is 10.5 Å². The van der Waals surface area contributed by atoms with Gasteiger partial charge in [-0.1, -0.05) is 11.8 Å². The molecule has 0 fully saturated rings. The minimum atomic E-state index is -0.617. The van der Waals surface area contributed by atoms with E-state index in [1.165, 1.54) is 6.07 Å². The van der Waals surface area contributed by atoms with E-state index >= 15 is 0 Å². The summed E-state index contributed by atoms with van der Waals surface area (Å²) >= 11 is 1.12. The summed E-state index contributed by atoms with van der Waals surface area (Å²) in [6, 6.07) is 5.30. The van der Waals surface area contributed by atoms with E-state index in [4.69, 9.17) is 21.0 Å². The van der Waals surface area contributed by atoms with Crippen LogP contribution in [0.25, 0.3) is 0 Å². The van der Waals surface area contributed by atoms with Crippen molar-refractivity contribution in [3.05, 3.63) is 17.2 Å². The highest BCUT2D eigenvalue weighted by Gasteiger charge is 2.18. The molecular formula is C12H12N4O2S. The van der Waals surface area contributed by atoms with Crippen molar-refractivity contribution in [3.8, 4) is 12.1 Å². The lowest BCUT2D eigenvalue weighted by atomic mass is 10.2. The van der Waals surface area contributed by atoms with E-state index < -0.39 is 5.97 Å². The van der Waals surface area contributed by atoms with Crippen molar-refractivity contribution in [3.63, 3.8) is 0 Å². The standard InChI is InChI=1S/C12H12N4O2S/c1-3-18-12(17)9-4-8(6-14)11(16-10(9)15)19-7(2)5-13/h4,7H,3H2,1-2H3,(H2,15,16). The molecule has 2 N–H and O–H groups in total. The van der Waals surface area contributed by atoms with E-state index in [2.05, 4.69) is 4.98 Å². The van der Waals surface area contributed by atoms with Gasteiger partial charge in [0.05, 0.1) is 23.5 Å². The maximum absolute atomic E-state index is 11.6. The van der Waals surface area contributed by atoms with Crippen molar-refractivity contribution in [1.29, 1.82) is 10.5 Å². The summed E-state index contributed by atoms with van der Waals surface area (Å²) in [4.78, 5) is 15.6. The minimum Gasteiger partial charge on any atom is -0.462 e. The first-order chi connectivity index (χ1) is 9.03. The Morgan fingerprint density at radius 3 is 2.84 bits per heavy atom. The second kappa shape index (κ2) is 6.62. The zero-order valence-electron chi connectivity index (χ0n) is 10.5. The summed E-state index contributed by atoms with van der Waals surface area (Å²) in [5.74, 6) is -0.626. The molecule has 98 valence electrons. The number of anilines is 1. The molecule has 0 amide bonds. The summed E-state index contributed by atoms with van der Waals surface area (Å²) in [5, 5.41) is 17.8. The third-order valence-corrected chi connectivity index (χ3v) is 3.10. The van der Waals surface area contributed by atoms with E-state index in [9.17, 15) is 4.79 Å². The van der Waals surface area contributed by atoms with Gasteiger partial charge in [-0.2, -0.15) is 10.5 Å². The molecule has 0 aliphatic carbocycles. The van der Waals surface area contributed by atoms with Gasteiger partial charge in [0.2, 0.25) is 0 Å². The van der Waals surface area contributed by atoms with Crippen molar-refractivity contribution in [2.75, 3.05) is 12.3 Å². The number of hydrogen-bond donors (Lipinski definition) is 1. The molecule has 0 radical (unpaired) electrons. The molecular weight excluding hydrogens is 264 g/mol. The highest BCUT2D eigenvalue weighted by molar-refractivity contribution is 8.00. The largest absolute Gasteiger partial charge is 0.462 e. The van der Waals surface area contributed by atoms with Gasteiger partial charge >= 0.3 is 5.97 Å². The molecule has 1 atom stereocenters. The molecule has 1 rings (SSSR count). The molecule has 1 unspecified atom stereocenters. The van der Waals surface area contributed by atoms with Crippen LogP contribution in [0.3, 0.4) is 0 Å². The topological polar surface area (TPSA) is 113 Å². The van der Waals surface area contributed by atoms with Crippen LogP contribution in [0.4, 0.5) is 5.82 Å². The number of thioether (sulfide) groups is 1. The zero-order valence-corrected chi connectivity index (χ0v) is 11.3. The van der Waals surface area contributed by atoms with Crippen LogP contribution in [0.2, 0.25) is 0 Å². The monoisotopic (exact) mass is 276 g/mol. The Kier molecular flexibility index (Phi) is 5.16.